The summed E-state index contributed by atoms with van der Waals surface area (Å²) in [5.41, 5.74) is 1.78. The van der Waals surface area contributed by atoms with Crippen LogP contribution in [0.2, 0.25) is 0 Å². The van der Waals surface area contributed by atoms with Gasteiger partial charge in [0.1, 0.15) is 11.3 Å². The van der Waals surface area contributed by atoms with Crippen molar-refractivity contribution in [3.63, 3.8) is 0 Å². The standard InChI is InChI=1S/C17H20N4O2/c1-12(16-10-13-6-4-5-7-15(13)23-16)20(2)17(22)18-11-14-8-9-19-21(14)3/h4-10,12H,11H2,1-3H3,(H,18,22). The number of aromatic nitrogens is 2. The first-order valence-electron chi connectivity index (χ1n) is 7.52. The third-order valence-electron chi connectivity index (χ3n) is 4.10. The van der Waals surface area contributed by atoms with E-state index in [2.05, 4.69) is 10.4 Å². The number of hydrogen-bond acceptors (Lipinski definition) is 3. The first kappa shape index (κ1) is 15.1. The quantitative estimate of drug-likeness (QED) is 0.805. The summed E-state index contributed by atoms with van der Waals surface area (Å²) in [7, 11) is 3.61. The molecule has 3 rings (SSSR count). The fraction of sp³-hybridized carbons (Fsp3) is 0.294. The molecule has 6 heteroatoms. The number of amides is 2. The lowest BCUT2D eigenvalue weighted by atomic mass is 10.2. The Balaban J connectivity index is 1.67. The molecule has 23 heavy (non-hydrogen) atoms. The van der Waals surface area contributed by atoms with Crippen LogP contribution in [0.1, 0.15) is 24.4 Å². The number of furan rings is 1. The third kappa shape index (κ3) is 3.06. The van der Waals surface area contributed by atoms with E-state index in [-0.39, 0.29) is 12.1 Å². The lowest BCUT2D eigenvalue weighted by Crippen LogP contribution is -2.38. The predicted octanol–water partition coefficient (Wildman–Crippen LogP) is 3.07. The molecule has 0 fully saturated rings. The topological polar surface area (TPSA) is 63.3 Å². The van der Waals surface area contributed by atoms with Gasteiger partial charge in [0.2, 0.25) is 0 Å². The molecule has 1 N–H and O–H groups in total. The Kier molecular flexibility index (Phi) is 4.06. The van der Waals surface area contributed by atoms with Gasteiger partial charge in [0, 0.05) is 25.7 Å². The average Bonchev–Trinajstić information content (AvgIpc) is 3.17. The van der Waals surface area contributed by atoms with E-state index in [1.807, 2.05) is 50.4 Å². The van der Waals surface area contributed by atoms with E-state index in [0.717, 1.165) is 22.4 Å². The summed E-state index contributed by atoms with van der Waals surface area (Å²) in [6, 6.07) is 11.4. The van der Waals surface area contributed by atoms with Crippen molar-refractivity contribution < 1.29 is 9.21 Å². The maximum absolute atomic E-state index is 12.3. The highest BCUT2D eigenvalue weighted by molar-refractivity contribution is 5.78. The Morgan fingerprint density at radius 3 is 2.87 bits per heavy atom. The predicted molar refractivity (Wildman–Crippen MR) is 87.8 cm³/mol. The number of hydrogen-bond donors (Lipinski definition) is 1. The largest absolute Gasteiger partial charge is 0.459 e. The van der Waals surface area contributed by atoms with Crippen molar-refractivity contribution in [2.45, 2.75) is 19.5 Å². The zero-order chi connectivity index (χ0) is 16.4. The summed E-state index contributed by atoms with van der Waals surface area (Å²) in [4.78, 5) is 14.0. The zero-order valence-corrected chi connectivity index (χ0v) is 13.5. The van der Waals surface area contributed by atoms with Gasteiger partial charge in [-0.25, -0.2) is 4.79 Å². The second-order valence-corrected chi connectivity index (χ2v) is 5.58. The molecule has 0 spiro atoms. The number of fused-ring (bicyclic) bond motifs is 1. The number of rotatable bonds is 4. The zero-order valence-electron chi connectivity index (χ0n) is 13.5. The molecule has 6 nitrogen and oxygen atoms in total. The van der Waals surface area contributed by atoms with Crippen molar-refractivity contribution in [3.05, 3.63) is 54.0 Å². The maximum Gasteiger partial charge on any atom is 0.318 e. The first-order valence-corrected chi connectivity index (χ1v) is 7.52. The molecule has 0 bridgehead atoms. The molecule has 1 atom stereocenters. The van der Waals surface area contributed by atoms with E-state index in [1.54, 1.807) is 22.8 Å². The van der Waals surface area contributed by atoms with Gasteiger partial charge < -0.3 is 14.6 Å². The van der Waals surface area contributed by atoms with Crippen LogP contribution >= 0.6 is 0 Å². The average molecular weight is 312 g/mol. The van der Waals surface area contributed by atoms with Crippen LogP contribution in [0.25, 0.3) is 11.0 Å². The van der Waals surface area contributed by atoms with E-state index in [9.17, 15) is 4.79 Å². The fourth-order valence-corrected chi connectivity index (χ4v) is 2.44. The first-order chi connectivity index (χ1) is 11.1. The van der Waals surface area contributed by atoms with E-state index >= 15 is 0 Å². The van der Waals surface area contributed by atoms with Crippen molar-refractivity contribution in [2.24, 2.45) is 7.05 Å². The monoisotopic (exact) mass is 312 g/mol. The van der Waals surface area contributed by atoms with Crippen LogP contribution in [0.4, 0.5) is 4.79 Å². The Morgan fingerprint density at radius 1 is 1.39 bits per heavy atom. The van der Waals surface area contributed by atoms with Crippen molar-refractivity contribution in [3.8, 4) is 0 Å². The molecular weight excluding hydrogens is 292 g/mol. The van der Waals surface area contributed by atoms with Crippen molar-refractivity contribution in [1.29, 1.82) is 0 Å². The summed E-state index contributed by atoms with van der Waals surface area (Å²) >= 11 is 0. The summed E-state index contributed by atoms with van der Waals surface area (Å²) in [6.07, 6.45) is 1.71. The Hall–Kier alpha value is -2.76. The number of nitrogens with one attached hydrogen (secondary N) is 1. The molecule has 120 valence electrons. The summed E-state index contributed by atoms with van der Waals surface area (Å²) < 4.78 is 7.57. The molecule has 0 radical (unpaired) electrons. The Morgan fingerprint density at radius 2 is 2.17 bits per heavy atom. The smallest absolute Gasteiger partial charge is 0.318 e. The third-order valence-corrected chi connectivity index (χ3v) is 4.10. The van der Waals surface area contributed by atoms with Crippen LogP contribution in [0.15, 0.2) is 47.0 Å². The Bertz CT molecular complexity index is 788. The van der Waals surface area contributed by atoms with Crippen LogP contribution in [0.3, 0.4) is 0 Å². The highest BCUT2D eigenvalue weighted by Gasteiger charge is 2.20. The molecular formula is C17H20N4O2. The molecule has 1 unspecified atom stereocenters. The second kappa shape index (κ2) is 6.16. The molecule has 0 saturated carbocycles. The van der Waals surface area contributed by atoms with Crippen LogP contribution in [0, 0.1) is 0 Å². The molecule has 2 aromatic heterocycles. The lowest BCUT2D eigenvalue weighted by Gasteiger charge is -2.23. The van der Waals surface area contributed by atoms with Crippen LogP contribution in [0.5, 0.6) is 0 Å². The van der Waals surface area contributed by atoms with Gasteiger partial charge in [-0.15, -0.1) is 0 Å². The van der Waals surface area contributed by atoms with Gasteiger partial charge in [0.25, 0.3) is 0 Å². The molecule has 0 aliphatic carbocycles. The summed E-state index contributed by atoms with van der Waals surface area (Å²) in [5.74, 6) is 0.768. The van der Waals surface area contributed by atoms with Gasteiger partial charge in [-0.2, -0.15) is 5.10 Å². The lowest BCUT2D eigenvalue weighted by molar-refractivity contribution is 0.187. The van der Waals surface area contributed by atoms with Gasteiger partial charge in [-0.05, 0) is 25.1 Å². The highest BCUT2D eigenvalue weighted by atomic mass is 16.3. The van der Waals surface area contributed by atoms with Gasteiger partial charge in [0.15, 0.2) is 0 Å². The number of carbonyl (C=O) groups is 1. The van der Waals surface area contributed by atoms with Gasteiger partial charge in [-0.1, -0.05) is 18.2 Å². The number of benzene rings is 1. The van der Waals surface area contributed by atoms with Crippen molar-refractivity contribution >= 4 is 17.0 Å². The van der Waals surface area contributed by atoms with E-state index in [1.165, 1.54) is 0 Å². The van der Waals surface area contributed by atoms with Crippen molar-refractivity contribution in [1.82, 2.24) is 20.0 Å². The minimum Gasteiger partial charge on any atom is -0.459 e. The second-order valence-electron chi connectivity index (χ2n) is 5.58. The van der Waals surface area contributed by atoms with Crippen LogP contribution < -0.4 is 5.32 Å². The van der Waals surface area contributed by atoms with E-state index < -0.39 is 0 Å². The number of para-hydroxylation sites is 1. The van der Waals surface area contributed by atoms with Gasteiger partial charge in [-0.3, -0.25) is 4.68 Å². The number of carbonyl (C=O) groups excluding carboxylic acids is 1. The summed E-state index contributed by atoms with van der Waals surface area (Å²) in [6.45, 7) is 2.38. The van der Waals surface area contributed by atoms with Crippen LogP contribution in [-0.2, 0) is 13.6 Å². The van der Waals surface area contributed by atoms with E-state index in [0.29, 0.717) is 6.54 Å². The Labute approximate surface area is 134 Å². The number of urea groups is 1. The highest BCUT2D eigenvalue weighted by Crippen LogP contribution is 2.26. The number of aryl methyl sites for hydroxylation is 1. The molecule has 1 aromatic carbocycles. The molecule has 0 aliphatic rings. The molecule has 2 heterocycles. The summed E-state index contributed by atoms with van der Waals surface area (Å²) in [5, 5.41) is 8.02. The number of nitrogens with zero attached hydrogens (tertiary/aromatic N) is 3. The molecule has 2 amide bonds. The minimum absolute atomic E-state index is 0.154. The van der Waals surface area contributed by atoms with E-state index in [4.69, 9.17) is 4.42 Å². The SMILES string of the molecule is CC(c1cc2ccccc2o1)N(C)C(=O)NCc1ccnn1C. The molecule has 0 aliphatic heterocycles. The maximum atomic E-state index is 12.3. The van der Waals surface area contributed by atoms with Gasteiger partial charge in [0.05, 0.1) is 18.3 Å². The fourth-order valence-electron chi connectivity index (χ4n) is 2.44. The molecule has 0 saturated heterocycles. The minimum atomic E-state index is -0.158. The normalized spacial score (nSPS) is 12.3. The van der Waals surface area contributed by atoms with Crippen LogP contribution in [-0.4, -0.2) is 27.8 Å². The van der Waals surface area contributed by atoms with Gasteiger partial charge >= 0.3 is 6.03 Å². The molecule has 3 aromatic rings. The van der Waals surface area contributed by atoms with Crippen molar-refractivity contribution in [2.75, 3.05) is 7.05 Å².